The van der Waals surface area contributed by atoms with E-state index in [1.165, 1.54) is 13.2 Å². The molecule has 1 amide bonds. The number of nitrogens with zero attached hydrogens (tertiary/aromatic N) is 1. The number of amides is 1. The van der Waals surface area contributed by atoms with Gasteiger partial charge in [0.05, 0.1) is 7.11 Å². The van der Waals surface area contributed by atoms with Gasteiger partial charge in [-0.3, -0.25) is 4.79 Å². The number of aryl methyl sites for hydroxylation is 2. The van der Waals surface area contributed by atoms with Gasteiger partial charge in [-0.25, -0.2) is 4.39 Å². The summed E-state index contributed by atoms with van der Waals surface area (Å²) in [5, 5.41) is 1.05. The molecule has 0 saturated heterocycles. The van der Waals surface area contributed by atoms with Gasteiger partial charge in [-0.1, -0.05) is 31.2 Å². The molecule has 0 radical (unpaired) electrons. The Labute approximate surface area is 158 Å². The minimum absolute atomic E-state index is 0.0126. The Morgan fingerprint density at radius 3 is 2.70 bits per heavy atom. The molecular formula is C22H24FNO3. The summed E-state index contributed by atoms with van der Waals surface area (Å²) in [5.41, 5.74) is 2.68. The summed E-state index contributed by atoms with van der Waals surface area (Å²) < 4.78 is 24.6. The second kappa shape index (κ2) is 8.25. The molecule has 0 fully saturated rings. The Hall–Kier alpha value is -2.82. The van der Waals surface area contributed by atoms with Gasteiger partial charge in [0, 0.05) is 37.4 Å². The van der Waals surface area contributed by atoms with Crippen LogP contribution in [0.4, 0.5) is 4.39 Å². The first-order valence-electron chi connectivity index (χ1n) is 9.09. The second-order valence-corrected chi connectivity index (χ2v) is 6.57. The minimum Gasteiger partial charge on any atom is -0.494 e. The van der Waals surface area contributed by atoms with Crippen molar-refractivity contribution in [1.29, 1.82) is 0 Å². The summed E-state index contributed by atoms with van der Waals surface area (Å²) in [6, 6.07) is 12.7. The number of carbonyl (C=O) groups is 1. The number of para-hydroxylation sites is 1. The van der Waals surface area contributed by atoms with E-state index in [0.717, 1.165) is 34.3 Å². The van der Waals surface area contributed by atoms with Gasteiger partial charge in [0.25, 0.3) is 0 Å². The molecule has 4 nitrogen and oxygen atoms in total. The van der Waals surface area contributed by atoms with Crippen molar-refractivity contribution in [3.8, 4) is 5.75 Å². The first-order chi connectivity index (χ1) is 13.0. The van der Waals surface area contributed by atoms with Crippen molar-refractivity contribution < 1.29 is 18.3 Å². The predicted octanol–water partition coefficient (Wildman–Crippen LogP) is 4.73. The van der Waals surface area contributed by atoms with Crippen molar-refractivity contribution in [2.75, 3.05) is 14.2 Å². The van der Waals surface area contributed by atoms with E-state index in [2.05, 4.69) is 0 Å². The molecule has 1 heterocycles. The van der Waals surface area contributed by atoms with Crippen molar-refractivity contribution in [3.63, 3.8) is 0 Å². The highest BCUT2D eigenvalue weighted by Gasteiger charge is 2.17. The van der Waals surface area contributed by atoms with Crippen LogP contribution in [0.15, 0.2) is 46.9 Å². The zero-order chi connectivity index (χ0) is 19.4. The quantitative estimate of drug-likeness (QED) is 0.604. The molecule has 0 aliphatic rings. The fourth-order valence-electron chi connectivity index (χ4n) is 3.24. The van der Waals surface area contributed by atoms with Gasteiger partial charge in [-0.2, -0.15) is 0 Å². The second-order valence-electron chi connectivity index (χ2n) is 6.57. The Morgan fingerprint density at radius 1 is 1.22 bits per heavy atom. The number of hydrogen-bond donors (Lipinski definition) is 0. The van der Waals surface area contributed by atoms with Crippen molar-refractivity contribution in [1.82, 2.24) is 4.90 Å². The Kier molecular flexibility index (Phi) is 5.79. The zero-order valence-electron chi connectivity index (χ0n) is 15.9. The fraction of sp³-hybridized carbons (Fsp3) is 0.318. The van der Waals surface area contributed by atoms with E-state index < -0.39 is 5.82 Å². The monoisotopic (exact) mass is 369 g/mol. The molecule has 27 heavy (non-hydrogen) atoms. The molecule has 0 N–H and O–H groups in total. The van der Waals surface area contributed by atoms with Gasteiger partial charge < -0.3 is 14.1 Å². The third-order valence-corrected chi connectivity index (χ3v) is 4.77. The van der Waals surface area contributed by atoms with Crippen LogP contribution in [0.5, 0.6) is 5.75 Å². The molecule has 0 aliphatic carbocycles. The molecule has 3 aromatic rings. The van der Waals surface area contributed by atoms with Gasteiger partial charge in [0.1, 0.15) is 11.3 Å². The van der Waals surface area contributed by atoms with Crippen LogP contribution in [0, 0.1) is 5.82 Å². The van der Waals surface area contributed by atoms with Crippen LogP contribution in [0.2, 0.25) is 0 Å². The lowest BCUT2D eigenvalue weighted by atomic mass is 10.1. The van der Waals surface area contributed by atoms with Crippen LogP contribution in [0.3, 0.4) is 0 Å². The summed E-state index contributed by atoms with van der Waals surface area (Å²) in [6.07, 6.45) is 1.58. The van der Waals surface area contributed by atoms with E-state index in [9.17, 15) is 9.18 Å². The van der Waals surface area contributed by atoms with Crippen LogP contribution in [0.25, 0.3) is 11.0 Å². The number of carbonyl (C=O) groups excluding carboxylic acids is 1. The van der Waals surface area contributed by atoms with E-state index in [0.29, 0.717) is 19.4 Å². The summed E-state index contributed by atoms with van der Waals surface area (Å²) in [4.78, 5) is 14.3. The molecule has 142 valence electrons. The number of benzene rings is 2. The van der Waals surface area contributed by atoms with Gasteiger partial charge in [-0.05, 0) is 30.2 Å². The SMILES string of the molecule is CCc1oc2ccccc2c1CN(C)C(=O)CCc1ccc(OC)c(F)c1. The molecule has 0 atom stereocenters. The standard InChI is InChI=1S/C22H24FNO3/c1-4-19-17(16-7-5-6-8-20(16)27-19)14-24(2)22(25)12-10-15-9-11-21(26-3)18(23)13-15/h5-9,11,13H,4,10,12,14H2,1-3H3. The van der Waals surface area contributed by atoms with E-state index in [1.54, 1.807) is 24.1 Å². The first kappa shape index (κ1) is 19.0. The molecule has 0 bridgehead atoms. The first-order valence-corrected chi connectivity index (χ1v) is 9.09. The lowest BCUT2D eigenvalue weighted by Gasteiger charge is -2.17. The molecule has 0 aliphatic heterocycles. The third-order valence-electron chi connectivity index (χ3n) is 4.77. The average Bonchev–Trinajstić information content (AvgIpc) is 3.03. The molecule has 0 unspecified atom stereocenters. The van der Waals surface area contributed by atoms with Gasteiger partial charge in [-0.15, -0.1) is 0 Å². The average molecular weight is 369 g/mol. The van der Waals surface area contributed by atoms with Crippen LogP contribution in [-0.2, 0) is 24.2 Å². The van der Waals surface area contributed by atoms with Gasteiger partial charge >= 0.3 is 0 Å². The summed E-state index contributed by atoms with van der Waals surface area (Å²) >= 11 is 0. The number of hydrogen-bond acceptors (Lipinski definition) is 3. The van der Waals surface area contributed by atoms with Crippen molar-refractivity contribution >= 4 is 16.9 Å². The van der Waals surface area contributed by atoms with Crippen molar-refractivity contribution in [2.45, 2.75) is 32.7 Å². The molecule has 1 aromatic heterocycles. The molecule has 0 saturated carbocycles. The zero-order valence-corrected chi connectivity index (χ0v) is 15.9. The molecule has 5 heteroatoms. The highest BCUT2D eigenvalue weighted by molar-refractivity contribution is 5.83. The lowest BCUT2D eigenvalue weighted by Crippen LogP contribution is -2.26. The Bertz CT molecular complexity index is 948. The Balaban J connectivity index is 1.67. The van der Waals surface area contributed by atoms with Crippen LogP contribution >= 0.6 is 0 Å². The number of furan rings is 1. The van der Waals surface area contributed by atoms with Crippen LogP contribution < -0.4 is 4.74 Å². The molecular weight excluding hydrogens is 345 g/mol. The minimum atomic E-state index is -0.409. The summed E-state index contributed by atoms with van der Waals surface area (Å²) in [6.45, 7) is 2.54. The van der Waals surface area contributed by atoms with Crippen molar-refractivity contribution in [2.24, 2.45) is 0 Å². The topological polar surface area (TPSA) is 42.7 Å². The van der Waals surface area contributed by atoms with Crippen LogP contribution in [0.1, 0.15) is 30.2 Å². The Morgan fingerprint density at radius 2 is 2.00 bits per heavy atom. The van der Waals surface area contributed by atoms with Crippen molar-refractivity contribution in [3.05, 3.63) is 65.2 Å². The smallest absolute Gasteiger partial charge is 0.222 e. The lowest BCUT2D eigenvalue weighted by molar-refractivity contribution is -0.130. The fourth-order valence-corrected chi connectivity index (χ4v) is 3.24. The molecule has 2 aromatic carbocycles. The number of rotatable bonds is 7. The normalized spacial score (nSPS) is 11.0. The highest BCUT2D eigenvalue weighted by Crippen LogP contribution is 2.27. The molecule has 3 rings (SSSR count). The number of ether oxygens (including phenoxy) is 1. The number of methoxy groups -OCH3 is 1. The third kappa shape index (κ3) is 4.13. The summed E-state index contributed by atoms with van der Waals surface area (Å²) in [7, 11) is 3.22. The number of halogens is 1. The van der Waals surface area contributed by atoms with E-state index in [1.807, 2.05) is 31.2 Å². The van der Waals surface area contributed by atoms with E-state index >= 15 is 0 Å². The highest BCUT2D eigenvalue weighted by atomic mass is 19.1. The summed E-state index contributed by atoms with van der Waals surface area (Å²) in [5.74, 6) is 0.723. The van der Waals surface area contributed by atoms with E-state index in [-0.39, 0.29) is 11.7 Å². The molecule has 0 spiro atoms. The predicted molar refractivity (Wildman–Crippen MR) is 103 cm³/mol. The van der Waals surface area contributed by atoms with Gasteiger partial charge in [0.2, 0.25) is 5.91 Å². The maximum Gasteiger partial charge on any atom is 0.222 e. The van der Waals surface area contributed by atoms with Crippen LogP contribution in [-0.4, -0.2) is 25.0 Å². The maximum atomic E-state index is 13.8. The van der Waals surface area contributed by atoms with Gasteiger partial charge in [0.15, 0.2) is 11.6 Å². The maximum absolute atomic E-state index is 13.8. The van der Waals surface area contributed by atoms with E-state index in [4.69, 9.17) is 9.15 Å². The number of fused-ring (bicyclic) bond motifs is 1. The largest absolute Gasteiger partial charge is 0.494 e.